The number of carbonyl (C=O) groups excluding carboxylic acids is 2. The van der Waals surface area contributed by atoms with E-state index in [-0.39, 0.29) is 29.5 Å². The van der Waals surface area contributed by atoms with Crippen LogP contribution in [0.3, 0.4) is 0 Å². The van der Waals surface area contributed by atoms with Crippen LogP contribution in [0.1, 0.15) is 30.0 Å². The average molecular weight is 697 g/mol. The van der Waals surface area contributed by atoms with E-state index in [0.717, 1.165) is 31.9 Å². The summed E-state index contributed by atoms with van der Waals surface area (Å²) in [6, 6.07) is 28.8. The summed E-state index contributed by atoms with van der Waals surface area (Å²) < 4.78 is 30.0. The van der Waals surface area contributed by atoms with Crippen molar-refractivity contribution in [1.82, 2.24) is 10.2 Å². The molecular weight excluding hydrogens is 662 g/mol. The van der Waals surface area contributed by atoms with Crippen LogP contribution in [-0.4, -0.2) is 44.3 Å². The van der Waals surface area contributed by atoms with E-state index in [1.807, 2.05) is 68.4 Å². The smallest absolute Gasteiger partial charge is 0.264 e. The summed E-state index contributed by atoms with van der Waals surface area (Å²) in [5.74, 6) is -0.844. The van der Waals surface area contributed by atoms with Gasteiger partial charge in [-0.3, -0.25) is 13.9 Å². The Hall–Kier alpha value is -3.66. The molecule has 44 heavy (non-hydrogen) atoms. The second-order valence-corrected chi connectivity index (χ2v) is 13.7. The maximum atomic E-state index is 14.4. The highest BCUT2D eigenvalue weighted by Crippen LogP contribution is 2.27. The molecule has 4 aromatic rings. The van der Waals surface area contributed by atoms with Gasteiger partial charge in [-0.1, -0.05) is 101 Å². The molecule has 0 bridgehead atoms. The highest BCUT2D eigenvalue weighted by Gasteiger charge is 2.34. The number of nitrogens with zero attached hydrogens (tertiary/aromatic N) is 2. The molecule has 0 spiro atoms. The van der Waals surface area contributed by atoms with Crippen molar-refractivity contribution in [3.63, 3.8) is 0 Å². The highest BCUT2D eigenvalue weighted by atomic mass is 79.9. The van der Waals surface area contributed by atoms with Crippen molar-refractivity contribution >= 4 is 55.1 Å². The Morgan fingerprint density at radius 3 is 2.23 bits per heavy atom. The van der Waals surface area contributed by atoms with Crippen LogP contribution in [0.4, 0.5) is 5.69 Å². The molecule has 1 N–H and O–H groups in total. The monoisotopic (exact) mass is 695 g/mol. The van der Waals surface area contributed by atoms with Gasteiger partial charge in [0, 0.05) is 29.0 Å². The molecular formula is C34H35BrClN3O4S. The molecule has 1 atom stereocenters. The third-order valence-electron chi connectivity index (χ3n) is 7.05. The molecule has 0 saturated heterocycles. The van der Waals surface area contributed by atoms with Gasteiger partial charge in [-0.25, -0.2) is 8.42 Å². The Morgan fingerprint density at radius 2 is 1.57 bits per heavy atom. The van der Waals surface area contributed by atoms with E-state index in [2.05, 4.69) is 21.2 Å². The Balaban J connectivity index is 1.80. The Bertz CT molecular complexity index is 1680. The van der Waals surface area contributed by atoms with E-state index in [9.17, 15) is 18.0 Å². The molecule has 0 aromatic heterocycles. The van der Waals surface area contributed by atoms with Crippen LogP contribution in [0.5, 0.6) is 0 Å². The van der Waals surface area contributed by atoms with E-state index in [4.69, 9.17) is 11.6 Å². The van der Waals surface area contributed by atoms with Crippen molar-refractivity contribution in [2.24, 2.45) is 0 Å². The lowest BCUT2D eigenvalue weighted by Gasteiger charge is -2.34. The van der Waals surface area contributed by atoms with Crippen molar-refractivity contribution in [3.8, 4) is 0 Å². The molecule has 230 valence electrons. The molecule has 0 aliphatic heterocycles. The van der Waals surface area contributed by atoms with Gasteiger partial charge in [0.05, 0.1) is 10.6 Å². The third kappa shape index (κ3) is 8.71. The minimum Gasteiger partial charge on any atom is -0.354 e. The molecule has 4 aromatic carbocycles. The summed E-state index contributed by atoms with van der Waals surface area (Å²) in [7, 11) is -4.20. The summed E-state index contributed by atoms with van der Waals surface area (Å²) in [6.07, 6.45) is 0.971. The molecule has 0 heterocycles. The zero-order valence-electron chi connectivity index (χ0n) is 24.6. The van der Waals surface area contributed by atoms with Crippen LogP contribution in [0.25, 0.3) is 0 Å². The molecule has 7 nitrogen and oxygen atoms in total. The maximum Gasteiger partial charge on any atom is 0.264 e. The van der Waals surface area contributed by atoms with Gasteiger partial charge in [0.25, 0.3) is 10.0 Å². The Labute approximate surface area is 273 Å². The lowest BCUT2D eigenvalue weighted by molar-refractivity contribution is -0.140. The molecule has 0 aliphatic carbocycles. The number of anilines is 1. The van der Waals surface area contributed by atoms with Crippen LogP contribution in [0.2, 0.25) is 5.02 Å². The number of carbonyl (C=O) groups is 2. The minimum atomic E-state index is -4.20. The van der Waals surface area contributed by atoms with Crippen LogP contribution < -0.4 is 9.62 Å². The molecule has 4 rings (SSSR count). The topological polar surface area (TPSA) is 86.8 Å². The number of hydrogen-bond acceptors (Lipinski definition) is 4. The number of nitrogens with one attached hydrogen (secondary N) is 1. The summed E-state index contributed by atoms with van der Waals surface area (Å²) in [4.78, 5) is 29.6. The van der Waals surface area contributed by atoms with Gasteiger partial charge in [-0.15, -0.1) is 0 Å². The number of aryl methyl sites for hydroxylation is 1. The lowest BCUT2D eigenvalue weighted by Crippen LogP contribution is -2.53. The number of benzene rings is 4. The molecule has 0 radical (unpaired) electrons. The highest BCUT2D eigenvalue weighted by molar-refractivity contribution is 9.10. The Morgan fingerprint density at radius 1 is 0.886 bits per heavy atom. The predicted molar refractivity (Wildman–Crippen MR) is 179 cm³/mol. The first kappa shape index (κ1) is 33.2. The predicted octanol–water partition coefficient (Wildman–Crippen LogP) is 6.77. The molecule has 0 aliphatic rings. The van der Waals surface area contributed by atoms with E-state index in [0.29, 0.717) is 11.6 Å². The van der Waals surface area contributed by atoms with E-state index in [1.54, 1.807) is 30.3 Å². The van der Waals surface area contributed by atoms with Gasteiger partial charge in [0.2, 0.25) is 11.8 Å². The fourth-order valence-corrected chi connectivity index (χ4v) is 6.79. The Kier molecular flexibility index (Phi) is 11.6. The lowest BCUT2D eigenvalue weighted by atomic mass is 10.0. The molecule has 2 amide bonds. The number of hydrogen-bond donors (Lipinski definition) is 1. The second kappa shape index (κ2) is 15.4. The quantitative estimate of drug-likeness (QED) is 0.167. The first-order valence-electron chi connectivity index (χ1n) is 14.3. The zero-order valence-corrected chi connectivity index (χ0v) is 27.8. The third-order valence-corrected chi connectivity index (χ3v) is 9.56. The molecule has 0 saturated carbocycles. The van der Waals surface area contributed by atoms with Gasteiger partial charge in [-0.2, -0.15) is 0 Å². The number of halogens is 2. The first-order chi connectivity index (χ1) is 21.1. The number of amides is 2. The standard InChI is InChI=1S/C34H35BrClN3O4S/c1-3-19-37-34(41)32(21-26-9-5-4-6-10-26)38(23-27-11-7-12-28(35)20-27)33(40)24-39(30-14-8-13-29(36)22-30)44(42,43)31-17-15-25(2)16-18-31/h4-18,20,22,32H,3,19,21,23-24H2,1-2H3,(H,37,41)/t32-/m0/s1. The fraction of sp³-hybridized carbons (Fsp3) is 0.235. The van der Waals surface area contributed by atoms with Crippen molar-refractivity contribution in [1.29, 1.82) is 0 Å². The largest absolute Gasteiger partial charge is 0.354 e. The normalized spacial score (nSPS) is 11.9. The van der Waals surface area contributed by atoms with E-state index >= 15 is 0 Å². The maximum absolute atomic E-state index is 14.4. The molecule has 10 heteroatoms. The average Bonchev–Trinajstić information content (AvgIpc) is 3.01. The van der Waals surface area contributed by atoms with Crippen LogP contribution in [-0.2, 0) is 32.6 Å². The molecule has 0 unspecified atom stereocenters. The van der Waals surface area contributed by atoms with Gasteiger partial charge in [-0.05, 0) is 66.9 Å². The van der Waals surface area contributed by atoms with E-state index in [1.165, 1.54) is 23.1 Å². The summed E-state index contributed by atoms with van der Waals surface area (Å²) >= 11 is 9.78. The van der Waals surface area contributed by atoms with Crippen molar-refractivity contribution in [2.45, 2.75) is 44.2 Å². The van der Waals surface area contributed by atoms with Crippen LogP contribution in [0.15, 0.2) is 112 Å². The van der Waals surface area contributed by atoms with Crippen molar-refractivity contribution in [2.75, 3.05) is 17.4 Å². The van der Waals surface area contributed by atoms with Gasteiger partial charge < -0.3 is 10.2 Å². The number of rotatable bonds is 13. The van der Waals surface area contributed by atoms with Gasteiger partial charge in [0.15, 0.2) is 0 Å². The van der Waals surface area contributed by atoms with Crippen LogP contribution >= 0.6 is 27.5 Å². The first-order valence-corrected chi connectivity index (χ1v) is 16.9. The summed E-state index contributed by atoms with van der Waals surface area (Å²) in [6.45, 7) is 3.81. The number of sulfonamides is 1. The SMILES string of the molecule is CCCNC(=O)[C@H](Cc1ccccc1)N(Cc1cccc(Br)c1)C(=O)CN(c1cccc(Cl)c1)S(=O)(=O)c1ccc(C)cc1. The molecule has 0 fully saturated rings. The zero-order chi connectivity index (χ0) is 31.7. The van der Waals surface area contributed by atoms with Gasteiger partial charge in [0.1, 0.15) is 12.6 Å². The summed E-state index contributed by atoms with van der Waals surface area (Å²) in [5, 5.41) is 3.27. The second-order valence-electron chi connectivity index (χ2n) is 10.5. The van der Waals surface area contributed by atoms with Crippen LogP contribution in [0, 0.1) is 6.92 Å². The van der Waals surface area contributed by atoms with Crippen molar-refractivity contribution in [3.05, 3.63) is 129 Å². The van der Waals surface area contributed by atoms with Crippen molar-refractivity contribution < 1.29 is 18.0 Å². The summed E-state index contributed by atoms with van der Waals surface area (Å²) in [5.41, 5.74) is 2.79. The fourth-order valence-electron chi connectivity index (χ4n) is 4.75. The van der Waals surface area contributed by atoms with E-state index < -0.39 is 28.5 Å². The minimum absolute atomic E-state index is 0.0379. The van der Waals surface area contributed by atoms with Gasteiger partial charge >= 0.3 is 0 Å².